The first-order valence-corrected chi connectivity index (χ1v) is 7.43. The van der Waals surface area contributed by atoms with Gasteiger partial charge in [0.2, 0.25) is 0 Å². The molecule has 2 rings (SSSR count). The lowest BCUT2D eigenvalue weighted by atomic mass is 9.97. The molecule has 3 N–H and O–H groups in total. The molecule has 1 heterocycles. The SMILES string of the molecule is NC(=O)NC[C@H]1CCCN(Cc2cccc(Br)c2)C1. The van der Waals surface area contributed by atoms with Gasteiger partial charge in [0.1, 0.15) is 0 Å². The van der Waals surface area contributed by atoms with Gasteiger partial charge >= 0.3 is 6.03 Å². The summed E-state index contributed by atoms with van der Waals surface area (Å²) in [5.41, 5.74) is 6.43. The monoisotopic (exact) mass is 325 g/mol. The lowest BCUT2D eigenvalue weighted by molar-refractivity contribution is 0.165. The second-order valence-electron chi connectivity index (χ2n) is 5.12. The summed E-state index contributed by atoms with van der Waals surface area (Å²) >= 11 is 3.50. The number of urea groups is 1. The van der Waals surface area contributed by atoms with Gasteiger partial charge in [-0.2, -0.15) is 0 Å². The number of hydrogen-bond donors (Lipinski definition) is 2. The van der Waals surface area contributed by atoms with E-state index >= 15 is 0 Å². The third-order valence-corrected chi connectivity index (χ3v) is 3.96. The second-order valence-corrected chi connectivity index (χ2v) is 6.03. The van der Waals surface area contributed by atoms with E-state index in [1.165, 1.54) is 12.0 Å². The summed E-state index contributed by atoms with van der Waals surface area (Å²) in [5.74, 6) is 0.508. The highest BCUT2D eigenvalue weighted by Crippen LogP contribution is 2.19. The van der Waals surface area contributed by atoms with E-state index in [9.17, 15) is 4.79 Å². The summed E-state index contributed by atoms with van der Waals surface area (Å²) in [6.07, 6.45) is 2.34. The highest BCUT2D eigenvalue weighted by atomic mass is 79.9. The molecule has 1 saturated heterocycles. The average Bonchev–Trinajstić information content (AvgIpc) is 2.37. The lowest BCUT2D eigenvalue weighted by Crippen LogP contribution is -2.41. The van der Waals surface area contributed by atoms with Gasteiger partial charge in [0.05, 0.1) is 0 Å². The van der Waals surface area contributed by atoms with Crippen molar-refractivity contribution in [1.82, 2.24) is 10.2 Å². The molecule has 104 valence electrons. The Morgan fingerprint density at radius 2 is 2.37 bits per heavy atom. The van der Waals surface area contributed by atoms with Crippen LogP contribution in [-0.4, -0.2) is 30.6 Å². The summed E-state index contributed by atoms with van der Waals surface area (Å²) < 4.78 is 1.12. The molecule has 0 spiro atoms. The number of benzene rings is 1. The Balaban J connectivity index is 1.85. The maximum Gasteiger partial charge on any atom is 0.312 e. The molecule has 1 aromatic rings. The van der Waals surface area contributed by atoms with Gasteiger partial charge < -0.3 is 11.1 Å². The number of hydrogen-bond acceptors (Lipinski definition) is 2. The molecule has 0 aromatic heterocycles. The van der Waals surface area contributed by atoms with E-state index in [1.54, 1.807) is 0 Å². The number of carbonyl (C=O) groups is 1. The molecule has 1 fully saturated rings. The van der Waals surface area contributed by atoms with Gasteiger partial charge in [-0.15, -0.1) is 0 Å². The smallest absolute Gasteiger partial charge is 0.312 e. The molecular weight excluding hydrogens is 306 g/mol. The van der Waals surface area contributed by atoms with Crippen LogP contribution in [0.25, 0.3) is 0 Å². The summed E-state index contributed by atoms with van der Waals surface area (Å²) in [5, 5.41) is 2.71. The number of amides is 2. The van der Waals surface area contributed by atoms with Crippen LogP contribution in [0.2, 0.25) is 0 Å². The Morgan fingerprint density at radius 3 is 3.11 bits per heavy atom. The molecule has 19 heavy (non-hydrogen) atoms. The van der Waals surface area contributed by atoms with E-state index < -0.39 is 6.03 Å². The topological polar surface area (TPSA) is 58.4 Å². The Hall–Kier alpha value is -1.07. The molecule has 0 aliphatic carbocycles. The molecule has 4 nitrogen and oxygen atoms in total. The average molecular weight is 326 g/mol. The minimum atomic E-state index is -0.427. The number of rotatable bonds is 4. The maximum atomic E-state index is 10.7. The zero-order valence-electron chi connectivity index (χ0n) is 10.9. The van der Waals surface area contributed by atoms with Crippen LogP contribution in [0.1, 0.15) is 18.4 Å². The Bertz CT molecular complexity index is 438. The van der Waals surface area contributed by atoms with Crippen molar-refractivity contribution in [1.29, 1.82) is 0 Å². The number of nitrogens with two attached hydrogens (primary N) is 1. The van der Waals surface area contributed by atoms with Crippen LogP contribution in [0.3, 0.4) is 0 Å². The van der Waals surface area contributed by atoms with Crippen LogP contribution in [0.4, 0.5) is 4.79 Å². The maximum absolute atomic E-state index is 10.7. The van der Waals surface area contributed by atoms with Crippen molar-refractivity contribution >= 4 is 22.0 Å². The van der Waals surface area contributed by atoms with Gasteiger partial charge in [0.25, 0.3) is 0 Å². The van der Waals surface area contributed by atoms with E-state index in [0.717, 1.165) is 30.5 Å². The first kappa shape index (κ1) is 14.3. The number of piperidine rings is 1. The highest BCUT2D eigenvalue weighted by molar-refractivity contribution is 9.10. The van der Waals surface area contributed by atoms with Gasteiger partial charge in [-0.3, -0.25) is 4.90 Å². The Morgan fingerprint density at radius 1 is 1.53 bits per heavy atom. The second kappa shape index (κ2) is 6.91. The first-order chi connectivity index (χ1) is 9.13. The number of likely N-dealkylation sites (tertiary alicyclic amines) is 1. The van der Waals surface area contributed by atoms with Crippen molar-refractivity contribution in [3.8, 4) is 0 Å². The Labute approximate surface area is 122 Å². The zero-order valence-corrected chi connectivity index (χ0v) is 12.5. The lowest BCUT2D eigenvalue weighted by Gasteiger charge is -2.32. The predicted molar refractivity (Wildman–Crippen MR) is 79.7 cm³/mol. The molecule has 1 aromatic carbocycles. The third-order valence-electron chi connectivity index (χ3n) is 3.46. The van der Waals surface area contributed by atoms with Crippen molar-refractivity contribution in [2.24, 2.45) is 11.7 Å². The quantitative estimate of drug-likeness (QED) is 0.892. The van der Waals surface area contributed by atoms with Crippen LogP contribution < -0.4 is 11.1 Å². The molecular formula is C14H20BrN3O. The van der Waals surface area contributed by atoms with Gasteiger partial charge in [0, 0.05) is 24.1 Å². The molecule has 0 saturated carbocycles. The van der Waals surface area contributed by atoms with Crippen molar-refractivity contribution in [3.05, 3.63) is 34.3 Å². The van der Waals surface area contributed by atoms with Crippen molar-refractivity contribution < 1.29 is 4.79 Å². The number of halogens is 1. The van der Waals surface area contributed by atoms with E-state index in [-0.39, 0.29) is 0 Å². The van der Waals surface area contributed by atoms with Gasteiger partial charge in [0.15, 0.2) is 0 Å². The minimum absolute atomic E-state index is 0.427. The fourth-order valence-electron chi connectivity index (χ4n) is 2.60. The number of nitrogens with one attached hydrogen (secondary N) is 1. The van der Waals surface area contributed by atoms with Gasteiger partial charge in [-0.25, -0.2) is 4.79 Å². The predicted octanol–water partition coefficient (Wildman–Crippen LogP) is 2.33. The zero-order chi connectivity index (χ0) is 13.7. The summed E-state index contributed by atoms with van der Waals surface area (Å²) in [6, 6.07) is 7.99. The molecule has 1 aliphatic heterocycles. The van der Waals surface area contributed by atoms with E-state index in [2.05, 4.69) is 44.3 Å². The largest absolute Gasteiger partial charge is 0.352 e. The summed E-state index contributed by atoms with van der Waals surface area (Å²) in [7, 11) is 0. The van der Waals surface area contributed by atoms with Crippen LogP contribution in [-0.2, 0) is 6.54 Å². The van der Waals surface area contributed by atoms with Crippen LogP contribution in [0.15, 0.2) is 28.7 Å². The van der Waals surface area contributed by atoms with Gasteiger partial charge in [-0.05, 0) is 43.0 Å². The minimum Gasteiger partial charge on any atom is -0.352 e. The van der Waals surface area contributed by atoms with Gasteiger partial charge in [-0.1, -0.05) is 28.1 Å². The number of primary amides is 1. The summed E-state index contributed by atoms with van der Waals surface area (Å²) in [6.45, 7) is 3.79. The van der Waals surface area contributed by atoms with Crippen molar-refractivity contribution in [2.75, 3.05) is 19.6 Å². The van der Waals surface area contributed by atoms with E-state index in [4.69, 9.17) is 5.73 Å². The standard InChI is InChI=1S/C14H20BrN3O/c15-13-5-1-3-11(7-13)9-18-6-2-4-12(10-18)8-17-14(16)19/h1,3,5,7,12H,2,4,6,8-10H2,(H3,16,17,19)/t12-/m1/s1. The molecule has 0 radical (unpaired) electrons. The third kappa shape index (κ3) is 4.84. The molecule has 0 bridgehead atoms. The molecule has 1 aliphatic rings. The number of nitrogens with zero attached hydrogens (tertiary/aromatic N) is 1. The number of carbonyl (C=O) groups excluding carboxylic acids is 1. The summed E-state index contributed by atoms with van der Waals surface area (Å²) in [4.78, 5) is 13.2. The molecule has 1 atom stereocenters. The van der Waals surface area contributed by atoms with Crippen molar-refractivity contribution in [3.63, 3.8) is 0 Å². The van der Waals surface area contributed by atoms with Crippen LogP contribution >= 0.6 is 15.9 Å². The molecule has 0 unspecified atom stereocenters. The van der Waals surface area contributed by atoms with Crippen LogP contribution in [0.5, 0.6) is 0 Å². The fourth-order valence-corrected chi connectivity index (χ4v) is 3.05. The first-order valence-electron chi connectivity index (χ1n) is 6.63. The highest BCUT2D eigenvalue weighted by Gasteiger charge is 2.20. The fraction of sp³-hybridized carbons (Fsp3) is 0.500. The van der Waals surface area contributed by atoms with E-state index in [0.29, 0.717) is 12.5 Å². The van der Waals surface area contributed by atoms with Crippen molar-refractivity contribution in [2.45, 2.75) is 19.4 Å². The van der Waals surface area contributed by atoms with E-state index in [1.807, 2.05) is 6.07 Å². The molecule has 2 amide bonds. The normalized spacial score (nSPS) is 20.2. The Kier molecular flexibility index (Phi) is 5.22. The van der Waals surface area contributed by atoms with Crippen LogP contribution in [0, 0.1) is 5.92 Å². The molecule has 5 heteroatoms.